The summed E-state index contributed by atoms with van der Waals surface area (Å²) in [6, 6.07) is 8.58. The monoisotopic (exact) mass is 426 g/mol. The fourth-order valence-electron chi connectivity index (χ4n) is 3.02. The third-order valence-electron chi connectivity index (χ3n) is 4.42. The van der Waals surface area contributed by atoms with E-state index < -0.39 is 18.2 Å². The summed E-state index contributed by atoms with van der Waals surface area (Å²) in [5.41, 5.74) is 0.684. The Bertz CT molecular complexity index is 1120. The van der Waals surface area contributed by atoms with Gasteiger partial charge in [-0.15, -0.1) is 0 Å². The van der Waals surface area contributed by atoms with E-state index in [-0.39, 0.29) is 46.1 Å². The molecular weight excluding hydrogens is 408 g/mol. The van der Waals surface area contributed by atoms with E-state index in [0.29, 0.717) is 11.1 Å². The molecule has 2 aliphatic heterocycles. The van der Waals surface area contributed by atoms with Crippen molar-refractivity contribution in [2.24, 2.45) is 0 Å². The number of ketones is 4. The second-order valence-corrected chi connectivity index (χ2v) is 6.88. The van der Waals surface area contributed by atoms with Gasteiger partial charge in [-0.3, -0.25) is 24.0 Å². The Labute approximate surface area is 176 Å². The highest BCUT2D eigenvalue weighted by Crippen LogP contribution is 2.33. The summed E-state index contributed by atoms with van der Waals surface area (Å²) >= 11 is 0. The summed E-state index contributed by atoms with van der Waals surface area (Å²) in [6.07, 6.45) is -2.11. The van der Waals surface area contributed by atoms with Crippen LogP contribution in [0.15, 0.2) is 36.4 Å². The van der Waals surface area contributed by atoms with Crippen LogP contribution >= 0.6 is 0 Å². The minimum Gasteiger partial charge on any atom is -0.508 e. The largest absolute Gasteiger partial charge is 0.508 e. The highest BCUT2D eigenvalue weighted by molar-refractivity contribution is 6.17. The van der Waals surface area contributed by atoms with E-state index >= 15 is 0 Å². The van der Waals surface area contributed by atoms with E-state index in [2.05, 4.69) is 0 Å². The number of phenols is 1. The van der Waals surface area contributed by atoms with Crippen LogP contribution in [0.4, 0.5) is 0 Å². The van der Waals surface area contributed by atoms with Crippen molar-refractivity contribution in [2.45, 2.75) is 33.0 Å². The molecule has 2 aromatic carbocycles. The molecule has 31 heavy (non-hydrogen) atoms. The van der Waals surface area contributed by atoms with Crippen molar-refractivity contribution in [1.29, 1.82) is 0 Å². The summed E-state index contributed by atoms with van der Waals surface area (Å²) in [4.78, 5) is 56.2. The van der Waals surface area contributed by atoms with Crippen molar-refractivity contribution in [3.05, 3.63) is 47.5 Å². The average Bonchev–Trinajstić information content (AvgIpc) is 3.19. The van der Waals surface area contributed by atoms with Gasteiger partial charge >= 0.3 is 5.97 Å². The van der Waals surface area contributed by atoms with Crippen molar-refractivity contribution in [3.8, 4) is 23.0 Å². The number of fused-ring (bicyclic) bond motifs is 2. The summed E-state index contributed by atoms with van der Waals surface area (Å²) in [6.45, 7) is 3.87. The standard InChI is InChI=1S/C12H10O5.C10H8O4/c1-6(13)12-11(15)9-4-3-8(16-7(2)14)5-10(9)17-12;1-5(11)10-9(13)7-3-2-6(12)4-8(7)14-10/h3-5,12H,1-2H3;2-4,10,12H,1H3. The number of esters is 1. The van der Waals surface area contributed by atoms with E-state index in [9.17, 15) is 24.0 Å². The molecule has 0 aliphatic carbocycles. The van der Waals surface area contributed by atoms with Crippen LogP contribution in [0.25, 0.3) is 0 Å². The van der Waals surface area contributed by atoms with Gasteiger partial charge in [0.05, 0.1) is 11.1 Å². The zero-order valence-corrected chi connectivity index (χ0v) is 16.8. The Hall–Kier alpha value is -4.01. The maximum Gasteiger partial charge on any atom is 0.308 e. The highest BCUT2D eigenvalue weighted by atomic mass is 16.5. The molecule has 0 bridgehead atoms. The molecule has 9 nitrogen and oxygen atoms in total. The molecule has 160 valence electrons. The van der Waals surface area contributed by atoms with Gasteiger partial charge < -0.3 is 19.3 Å². The Balaban J connectivity index is 0.000000179. The maximum absolute atomic E-state index is 11.7. The average molecular weight is 426 g/mol. The molecule has 9 heteroatoms. The van der Waals surface area contributed by atoms with Crippen LogP contribution in [0.5, 0.6) is 23.0 Å². The third kappa shape index (κ3) is 4.45. The van der Waals surface area contributed by atoms with Crippen LogP contribution < -0.4 is 14.2 Å². The smallest absolute Gasteiger partial charge is 0.308 e. The molecular formula is C22H18O9. The predicted molar refractivity (Wildman–Crippen MR) is 105 cm³/mol. The lowest BCUT2D eigenvalue weighted by atomic mass is 10.1. The molecule has 0 radical (unpaired) electrons. The molecule has 4 rings (SSSR count). The molecule has 0 aromatic heterocycles. The number of carbonyl (C=O) groups excluding carboxylic acids is 5. The van der Waals surface area contributed by atoms with Gasteiger partial charge in [-0.1, -0.05) is 0 Å². The molecule has 0 amide bonds. The Kier molecular flexibility index (Phi) is 5.87. The normalized spacial score (nSPS) is 18.0. The van der Waals surface area contributed by atoms with Crippen LogP contribution in [-0.2, 0) is 14.4 Å². The number of Topliss-reactive ketones (excluding diaryl/α,β-unsaturated/α-hetero) is 4. The summed E-state index contributed by atoms with van der Waals surface area (Å²) < 4.78 is 15.2. The number of aromatic hydroxyl groups is 1. The van der Waals surface area contributed by atoms with Crippen LogP contribution in [0, 0.1) is 0 Å². The molecule has 2 heterocycles. The molecule has 0 fully saturated rings. The van der Waals surface area contributed by atoms with Gasteiger partial charge in [0.1, 0.15) is 23.0 Å². The molecule has 2 unspecified atom stereocenters. The van der Waals surface area contributed by atoms with Gasteiger partial charge in [-0.2, -0.15) is 0 Å². The quantitative estimate of drug-likeness (QED) is 0.445. The lowest BCUT2D eigenvalue weighted by molar-refractivity contribution is -0.132. The van der Waals surface area contributed by atoms with Crippen LogP contribution in [0.3, 0.4) is 0 Å². The number of hydrogen-bond donors (Lipinski definition) is 1. The van der Waals surface area contributed by atoms with Gasteiger partial charge in [0.25, 0.3) is 0 Å². The fourth-order valence-corrected chi connectivity index (χ4v) is 3.02. The fraction of sp³-hybridized carbons (Fsp3) is 0.227. The first-order valence-corrected chi connectivity index (χ1v) is 9.16. The number of hydrogen-bond acceptors (Lipinski definition) is 9. The molecule has 1 N–H and O–H groups in total. The molecule has 0 saturated carbocycles. The SMILES string of the molecule is CC(=O)C1Oc2cc(O)ccc2C1=O.CC(=O)Oc1ccc2c(c1)OC(C(C)=O)C2=O. The van der Waals surface area contributed by atoms with Gasteiger partial charge in [0.15, 0.2) is 11.6 Å². The van der Waals surface area contributed by atoms with E-state index in [1.165, 1.54) is 57.2 Å². The second-order valence-electron chi connectivity index (χ2n) is 6.88. The molecule has 0 spiro atoms. The van der Waals surface area contributed by atoms with Gasteiger partial charge in [-0.05, 0) is 38.1 Å². The minimum atomic E-state index is -1.07. The number of rotatable bonds is 3. The Morgan fingerprint density at radius 2 is 1.29 bits per heavy atom. The lowest BCUT2D eigenvalue weighted by Crippen LogP contribution is -2.28. The van der Waals surface area contributed by atoms with Gasteiger partial charge in [0.2, 0.25) is 23.8 Å². The van der Waals surface area contributed by atoms with Crippen molar-refractivity contribution < 1.29 is 43.3 Å². The molecule has 2 aromatic rings. The minimum absolute atomic E-state index is 0.0146. The van der Waals surface area contributed by atoms with E-state index in [1.807, 2.05) is 0 Å². The summed E-state index contributed by atoms with van der Waals surface area (Å²) in [5.74, 6) is -0.990. The second kappa shape index (κ2) is 8.39. The van der Waals surface area contributed by atoms with Crippen molar-refractivity contribution in [1.82, 2.24) is 0 Å². The van der Waals surface area contributed by atoms with Crippen LogP contribution in [0.1, 0.15) is 41.5 Å². The first-order valence-electron chi connectivity index (χ1n) is 9.16. The van der Waals surface area contributed by atoms with Gasteiger partial charge in [-0.25, -0.2) is 0 Å². The van der Waals surface area contributed by atoms with E-state index in [1.54, 1.807) is 0 Å². The number of ether oxygens (including phenoxy) is 3. The van der Waals surface area contributed by atoms with Crippen LogP contribution in [-0.4, -0.2) is 46.4 Å². The molecule has 0 saturated heterocycles. The van der Waals surface area contributed by atoms with Gasteiger partial charge in [0, 0.05) is 19.1 Å². The molecule has 2 aliphatic rings. The number of phenolic OH excluding ortho intramolecular Hbond substituents is 1. The first kappa shape index (κ1) is 21.7. The zero-order chi connectivity index (χ0) is 22.9. The Morgan fingerprint density at radius 1 is 0.806 bits per heavy atom. The van der Waals surface area contributed by atoms with Crippen molar-refractivity contribution in [2.75, 3.05) is 0 Å². The summed E-state index contributed by atoms with van der Waals surface area (Å²) in [5, 5.41) is 9.13. The van der Waals surface area contributed by atoms with Crippen molar-refractivity contribution in [3.63, 3.8) is 0 Å². The first-order chi connectivity index (χ1) is 14.6. The lowest BCUT2D eigenvalue weighted by Gasteiger charge is -2.04. The molecule has 2 atom stereocenters. The topological polar surface area (TPSA) is 133 Å². The van der Waals surface area contributed by atoms with Crippen LogP contribution in [0.2, 0.25) is 0 Å². The van der Waals surface area contributed by atoms with E-state index in [4.69, 9.17) is 19.3 Å². The van der Waals surface area contributed by atoms with E-state index in [0.717, 1.165) is 0 Å². The summed E-state index contributed by atoms with van der Waals surface area (Å²) in [7, 11) is 0. The van der Waals surface area contributed by atoms with Crippen molar-refractivity contribution >= 4 is 29.1 Å². The predicted octanol–water partition coefficient (Wildman–Crippen LogP) is 2.07. The zero-order valence-electron chi connectivity index (χ0n) is 16.8. The number of benzene rings is 2. The Morgan fingerprint density at radius 3 is 1.77 bits per heavy atom. The third-order valence-corrected chi connectivity index (χ3v) is 4.42. The highest BCUT2D eigenvalue weighted by Gasteiger charge is 2.36. The maximum atomic E-state index is 11.7. The number of carbonyl (C=O) groups is 5.